The molecule has 1 aromatic carbocycles. The Kier molecular flexibility index (Phi) is 5.15. The molecule has 0 atom stereocenters. The highest BCUT2D eigenvalue weighted by Gasteiger charge is 2.32. The van der Waals surface area contributed by atoms with E-state index in [1.807, 2.05) is 14.1 Å². The molecule has 2 rings (SSSR count). The highest BCUT2D eigenvalue weighted by Crippen LogP contribution is 2.27. The van der Waals surface area contributed by atoms with Gasteiger partial charge >= 0.3 is 0 Å². The Morgan fingerprint density at radius 1 is 1.35 bits per heavy atom. The zero-order valence-corrected chi connectivity index (χ0v) is 14.0. The van der Waals surface area contributed by atoms with Crippen LogP contribution >= 0.6 is 0 Å². The normalized spacial score (nSPS) is 11.7. The largest absolute Gasteiger partial charge is 0.323 e. The van der Waals surface area contributed by atoms with E-state index in [0.29, 0.717) is 11.3 Å². The summed E-state index contributed by atoms with van der Waals surface area (Å²) in [6.45, 7) is 5.00. The zero-order valence-electron chi connectivity index (χ0n) is 14.0. The lowest BCUT2D eigenvalue weighted by molar-refractivity contribution is -0.120. The maximum absolute atomic E-state index is 14.0. The minimum atomic E-state index is -0.975. The van der Waals surface area contributed by atoms with Crippen LogP contribution in [0, 0.1) is 5.82 Å². The van der Waals surface area contributed by atoms with Crippen LogP contribution in [-0.4, -0.2) is 41.2 Å². The molecule has 0 spiro atoms. The van der Waals surface area contributed by atoms with Crippen LogP contribution in [0.3, 0.4) is 0 Å². The average Bonchev–Trinajstić information content (AvgIpc) is 2.93. The van der Waals surface area contributed by atoms with Gasteiger partial charge in [-0.1, -0.05) is 18.2 Å². The van der Waals surface area contributed by atoms with Crippen LogP contribution in [0.2, 0.25) is 0 Å². The number of anilines is 1. The summed E-state index contributed by atoms with van der Waals surface area (Å²) in [5.41, 5.74) is 0.00698. The van der Waals surface area contributed by atoms with Crippen molar-refractivity contribution in [1.82, 2.24) is 14.7 Å². The predicted octanol–water partition coefficient (Wildman–Crippen LogP) is 2.50. The second-order valence-electron chi connectivity index (χ2n) is 6.35. The number of benzene rings is 1. The molecular weight excluding hydrogens is 295 g/mol. The molecule has 0 aliphatic carbocycles. The summed E-state index contributed by atoms with van der Waals surface area (Å²) in [5, 5.41) is 7.03. The molecule has 1 aromatic heterocycles. The lowest BCUT2D eigenvalue weighted by Gasteiger charge is -2.24. The number of likely N-dealkylation sites (N-methyl/N-ethyl adjacent to an activating group) is 1. The standard InChI is InChI=1S/C17H23FN4O/c1-17(2,14-7-5-6-8-15(14)18)16(23)20-13-11-19-22(12-13)10-9-21(3)4/h5-8,11-12H,9-10H2,1-4H3,(H,20,23). The number of hydrogen-bond donors (Lipinski definition) is 1. The van der Waals surface area contributed by atoms with Crippen LogP contribution < -0.4 is 5.32 Å². The average molecular weight is 318 g/mol. The van der Waals surface area contributed by atoms with E-state index in [2.05, 4.69) is 15.3 Å². The topological polar surface area (TPSA) is 50.2 Å². The van der Waals surface area contributed by atoms with Crippen molar-refractivity contribution in [3.63, 3.8) is 0 Å². The number of halogens is 1. The Hall–Kier alpha value is -2.21. The van der Waals surface area contributed by atoms with E-state index in [9.17, 15) is 9.18 Å². The van der Waals surface area contributed by atoms with Crippen molar-refractivity contribution in [1.29, 1.82) is 0 Å². The third kappa shape index (κ3) is 4.16. The molecule has 0 unspecified atom stereocenters. The van der Waals surface area contributed by atoms with Gasteiger partial charge in [0, 0.05) is 18.3 Å². The molecule has 0 aliphatic heterocycles. The minimum Gasteiger partial charge on any atom is -0.323 e. The molecule has 6 heteroatoms. The number of carbonyl (C=O) groups is 1. The lowest BCUT2D eigenvalue weighted by Crippen LogP contribution is -2.35. The molecule has 1 N–H and O–H groups in total. The van der Waals surface area contributed by atoms with Gasteiger partial charge in [0.25, 0.3) is 0 Å². The molecule has 0 fully saturated rings. The Morgan fingerprint density at radius 2 is 2.04 bits per heavy atom. The molecule has 5 nitrogen and oxygen atoms in total. The van der Waals surface area contributed by atoms with Crippen molar-refractivity contribution >= 4 is 11.6 Å². The van der Waals surface area contributed by atoms with Gasteiger partial charge in [-0.15, -0.1) is 0 Å². The number of amides is 1. The van der Waals surface area contributed by atoms with Gasteiger partial charge in [0.15, 0.2) is 0 Å². The van der Waals surface area contributed by atoms with Gasteiger partial charge in [-0.05, 0) is 34.0 Å². The molecular formula is C17H23FN4O. The van der Waals surface area contributed by atoms with Crippen molar-refractivity contribution in [3.8, 4) is 0 Å². The molecule has 2 aromatic rings. The van der Waals surface area contributed by atoms with Gasteiger partial charge in [-0.25, -0.2) is 4.39 Å². The first kappa shape index (κ1) is 17.1. The van der Waals surface area contributed by atoms with E-state index >= 15 is 0 Å². The van der Waals surface area contributed by atoms with Crippen LogP contribution in [-0.2, 0) is 16.8 Å². The number of rotatable bonds is 6. The summed E-state index contributed by atoms with van der Waals surface area (Å²) in [7, 11) is 3.98. The number of hydrogen-bond acceptors (Lipinski definition) is 3. The summed E-state index contributed by atoms with van der Waals surface area (Å²) in [4.78, 5) is 14.6. The number of nitrogens with zero attached hydrogens (tertiary/aromatic N) is 3. The predicted molar refractivity (Wildman–Crippen MR) is 88.8 cm³/mol. The van der Waals surface area contributed by atoms with Gasteiger partial charge in [-0.2, -0.15) is 5.10 Å². The Bertz CT molecular complexity index is 679. The smallest absolute Gasteiger partial charge is 0.234 e. The second kappa shape index (κ2) is 6.91. The molecule has 23 heavy (non-hydrogen) atoms. The lowest BCUT2D eigenvalue weighted by atomic mass is 9.83. The highest BCUT2D eigenvalue weighted by atomic mass is 19.1. The summed E-state index contributed by atoms with van der Waals surface area (Å²) in [5.74, 6) is -0.649. The Balaban J connectivity index is 2.08. The van der Waals surface area contributed by atoms with Gasteiger partial charge < -0.3 is 10.2 Å². The maximum atomic E-state index is 14.0. The van der Waals surface area contributed by atoms with Gasteiger partial charge in [0.2, 0.25) is 5.91 Å². The van der Waals surface area contributed by atoms with Crippen molar-refractivity contribution in [3.05, 3.63) is 48.0 Å². The number of carbonyl (C=O) groups excluding carboxylic acids is 1. The molecule has 1 heterocycles. The first-order valence-corrected chi connectivity index (χ1v) is 7.54. The van der Waals surface area contributed by atoms with E-state index in [0.717, 1.165) is 13.1 Å². The van der Waals surface area contributed by atoms with Gasteiger partial charge in [-0.3, -0.25) is 9.48 Å². The summed E-state index contributed by atoms with van der Waals surface area (Å²) < 4.78 is 15.7. The Morgan fingerprint density at radius 3 is 2.70 bits per heavy atom. The zero-order chi connectivity index (χ0) is 17.0. The van der Waals surface area contributed by atoms with Gasteiger partial charge in [0.1, 0.15) is 5.82 Å². The first-order chi connectivity index (χ1) is 10.8. The molecule has 0 saturated carbocycles. The van der Waals surface area contributed by atoms with Crippen LogP contribution in [0.5, 0.6) is 0 Å². The number of nitrogens with one attached hydrogen (secondary N) is 1. The van der Waals surface area contributed by atoms with Crippen LogP contribution in [0.4, 0.5) is 10.1 Å². The van der Waals surface area contributed by atoms with E-state index in [1.165, 1.54) is 6.07 Å². The van der Waals surface area contributed by atoms with Crippen molar-refractivity contribution in [2.24, 2.45) is 0 Å². The minimum absolute atomic E-state index is 0.269. The molecule has 0 saturated heterocycles. The van der Waals surface area contributed by atoms with Crippen molar-refractivity contribution < 1.29 is 9.18 Å². The Labute approximate surface area is 136 Å². The van der Waals surface area contributed by atoms with Crippen LogP contribution in [0.25, 0.3) is 0 Å². The van der Waals surface area contributed by atoms with Gasteiger partial charge in [0.05, 0.1) is 23.8 Å². The van der Waals surface area contributed by atoms with E-state index < -0.39 is 5.41 Å². The summed E-state index contributed by atoms with van der Waals surface area (Å²) >= 11 is 0. The maximum Gasteiger partial charge on any atom is 0.234 e. The fraction of sp³-hybridized carbons (Fsp3) is 0.412. The molecule has 0 aliphatic rings. The molecule has 0 bridgehead atoms. The van der Waals surface area contributed by atoms with Crippen LogP contribution in [0.1, 0.15) is 19.4 Å². The third-order valence-corrected chi connectivity index (χ3v) is 3.78. The monoisotopic (exact) mass is 318 g/mol. The third-order valence-electron chi connectivity index (χ3n) is 3.78. The summed E-state index contributed by atoms with van der Waals surface area (Å²) in [6.07, 6.45) is 3.38. The fourth-order valence-corrected chi connectivity index (χ4v) is 2.23. The highest BCUT2D eigenvalue weighted by molar-refractivity contribution is 5.98. The van der Waals surface area contributed by atoms with E-state index in [1.54, 1.807) is 49.1 Å². The second-order valence-corrected chi connectivity index (χ2v) is 6.35. The fourth-order valence-electron chi connectivity index (χ4n) is 2.23. The van der Waals surface area contributed by atoms with E-state index in [-0.39, 0.29) is 11.7 Å². The number of aromatic nitrogens is 2. The quantitative estimate of drug-likeness (QED) is 0.890. The molecule has 124 valence electrons. The molecule has 0 radical (unpaired) electrons. The van der Waals surface area contributed by atoms with Crippen molar-refractivity contribution in [2.45, 2.75) is 25.8 Å². The van der Waals surface area contributed by atoms with Crippen molar-refractivity contribution in [2.75, 3.05) is 26.0 Å². The SMILES string of the molecule is CN(C)CCn1cc(NC(=O)C(C)(C)c2ccccc2F)cn1. The van der Waals surface area contributed by atoms with Crippen LogP contribution in [0.15, 0.2) is 36.7 Å². The summed E-state index contributed by atoms with van der Waals surface area (Å²) in [6, 6.07) is 6.34. The first-order valence-electron chi connectivity index (χ1n) is 7.54. The van der Waals surface area contributed by atoms with E-state index in [4.69, 9.17) is 0 Å². The molecule has 1 amide bonds.